The Morgan fingerprint density at radius 2 is 1.74 bits per heavy atom. The van der Waals surface area contributed by atoms with Gasteiger partial charge in [-0.3, -0.25) is 0 Å². The molecule has 0 spiro atoms. The minimum atomic E-state index is -1.84. The Balaban J connectivity index is 2.14. The Labute approximate surface area is 125 Å². The van der Waals surface area contributed by atoms with Crippen LogP contribution in [-0.2, 0) is 54.8 Å². The molecule has 0 amide bonds. The molecule has 0 radical (unpaired) electrons. The van der Waals surface area contributed by atoms with E-state index in [1.54, 1.807) is 0 Å². The van der Waals surface area contributed by atoms with Crippen LogP contribution in [0.15, 0.2) is 24.3 Å². The molecule has 0 fully saturated rings. The first-order chi connectivity index (χ1) is 9.06. The number of ether oxygens (including phenoxy) is 1. The van der Waals surface area contributed by atoms with Crippen molar-refractivity contribution in [2.75, 3.05) is 0 Å². The molecule has 0 heterocycles. The van der Waals surface area contributed by atoms with E-state index in [0.29, 0.717) is 0 Å². The molecular weight excluding hydrogens is 433 g/mol. The van der Waals surface area contributed by atoms with E-state index in [1.807, 2.05) is 12.1 Å². The van der Waals surface area contributed by atoms with Crippen molar-refractivity contribution in [2.45, 2.75) is 36.2 Å². The molecule has 1 aliphatic rings. The van der Waals surface area contributed by atoms with Gasteiger partial charge in [-0.05, 0) is 0 Å². The molecule has 2 rings (SSSR count). The van der Waals surface area contributed by atoms with E-state index in [9.17, 15) is 9.59 Å². The quantitative estimate of drug-likeness (QED) is 0.525. The van der Waals surface area contributed by atoms with E-state index in [-0.39, 0.29) is 21.5 Å². The van der Waals surface area contributed by atoms with Gasteiger partial charge in [-0.15, -0.1) is 0 Å². The van der Waals surface area contributed by atoms with Crippen LogP contribution in [-0.4, -0.2) is 18.0 Å². The van der Waals surface area contributed by atoms with Gasteiger partial charge in [0.2, 0.25) is 0 Å². The van der Waals surface area contributed by atoms with Crippen LogP contribution in [0.5, 0.6) is 0 Å². The Morgan fingerprint density at radius 1 is 1.11 bits per heavy atom. The number of hydrogen-bond acceptors (Lipinski definition) is 4. The summed E-state index contributed by atoms with van der Waals surface area (Å²) >= 11 is -1.84. The molecule has 5 heteroatoms. The number of carbonyl (C=O) groups is 2. The molecule has 0 aromatic heterocycles. The first-order valence-corrected chi connectivity index (χ1v) is 11.9. The fourth-order valence-electron chi connectivity index (χ4n) is 2.49. The third-order valence-corrected chi connectivity index (χ3v) is 10.4. The van der Waals surface area contributed by atoms with Gasteiger partial charge in [0.05, 0.1) is 0 Å². The summed E-state index contributed by atoms with van der Waals surface area (Å²) in [4.78, 5) is 22.2. The molecule has 0 aliphatic heterocycles. The molecule has 1 aliphatic carbocycles. The predicted molar refractivity (Wildman–Crippen MR) is 64.9 cm³/mol. The maximum absolute atomic E-state index is 11.2. The fraction of sp³-hybridized carbons (Fsp3) is 0.429. The zero-order chi connectivity index (χ0) is 13.8. The zero-order valence-electron chi connectivity index (χ0n) is 11.2. The second-order valence-corrected chi connectivity index (χ2v) is 11.4. The normalized spacial score (nSPS) is 20.9. The van der Waals surface area contributed by atoms with Crippen LogP contribution in [0.1, 0.15) is 25.0 Å². The third kappa shape index (κ3) is 4.03. The van der Waals surface area contributed by atoms with Crippen LogP contribution in [0, 0.1) is 0 Å². The Bertz CT molecular complexity index is 486. The summed E-state index contributed by atoms with van der Waals surface area (Å²) in [5.41, 5.74) is 2.53. The van der Waals surface area contributed by atoms with Crippen LogP contribution in [0.4, 0.5) is 0 Å². The van der Waals surface area contributed by atoms with Crippen molar-refractivity contribution < 1.29 is 42.0 Å². The second-order valence-electron chi connectivity index (χ2n) is 4.89. The maximum atomic E-state index is 11.2. The van der Waals surface area contributed by atoms with E-state index in [2.05, 4.69) is 12.1 Å². The molecule has 2 unspecified atom stereocenters. The first kappa shape index (κ1) is 14.5. The number of carbonyl (C=O) groups excluding carboxylic acids is 2. The Morgan fingerprint density at radius 3 is 2.32 bits per heavy atom. The van der Waals surface area contributed by atoms with Crippen molar-refractivity contribution in [1.29, 1.82) is 0 Å². The van der Waals surface area contributed by atoms with Crippen molar-refractivity contribution in [2.24, 2.45) is 0 Å². The first-order valence-electron chi connectivity index (χ1n) is 6.43. The molecule has 0 bridgehead atoms. The molecule has 0 N–H and O–H groups in total. The van der Waals surface area contributed by atoms with Crippen LogP contribution >= 0.6 is 0 Å². The standard InChI is InChI=1S/C12H13O2.C2H4O2.Hg/c1-9(13)14-12-7-6-10-4-2-3-5-11(10)8-12;1-2(3)4;/h2-5,7,12H,6,8H2,1H3;1H3,(H,3,4);/q;;+1/p-1. The van der Waals surface area contributed by atoms with Gasteiger partial charge in [-0.2, -0.15) is 0 Å². The predicted octanol–water partition coefficient (Wildman–Crippen LogP) is 2.07. The van der Waals surface area contributed by atoms with Gasteiger partial charge in [0, 0.05) is 0 Å². The summed E-state index contributed by atoms with van der Waals surface area (Å²) in [6.07, 6.45) is 1.48. The Kier molecular flexibility index (Phi) is 4.96. The topological polar surface area (TPSA) is 52.6 Å². The van der Waals surface area contributed by atoms with Gasteiger partial charge >= 0.3 is 126 Å². The van der Waals surface area contributed by atoms with Gasteiger partial charge in [0.1, 0.15) is 0 Å². The van der Waals surface area contributed by atoms with E-state index in [1.165, 1.54) is 25.0 Å². The number of fused-ring (bicyclic) bond motifs is 1. The molecule has 4 nitrogen and oxygen atoms in total. The third-order valence-electron chi connectivity index (χ3n) is 3.37. The van der Waals surface area contributed by atoms with E-state index in [4.69, 9.17) is 7.38 Å². The molecule has 98 valence electrons. The number of hydrogen-bond donors (Lipinski definition) is 0. The van der Waals surface area contributed by atoms with Gasteiger partial charge in [0.25, 0.3) is 0 Å². The molecular formula is C14H16HgO4. The van der Waals surface area contributed by atoms with Gasteiger partial charge in [-0.1, -0.05) is 0 Å². The summed E-state index contributed by atoms with van der Waals surface area (Å²) in [6.45, 7) is 2.87. The van der Waals surface area contributed by atoms with Gasteiger partial charge < -0.3 is 0 Å². The van der Waals surface area contributed by atoms with Crippen LogP contribution in [0.3, 0.4) is 0 Å². The van der Waals surface area contributed by atoms with E-state index < -0.39 is 25.0 Å². The average molecular weight is 449 g/mol. The summed E-state index contributed by atoms with van der Waals surface area (Å²) in [5, 5.41) is 0. The van der Waals surface area contributed by atoms with E-state index >= 15 is 0 Å². The molecule has 1 aromatic carbocycles. The van der Waals surface area contributed by atoms with Crippen molar-refractivity contribution in [3.63, 3.8) is 0 Å². The fourth-order valence-corrected chi connectivity index (χ4v) is 7.76. The number of benzene rings is 1. The van der Waals surface area contributed by atoms with Crippen molar-refractivity contribution >= 4 is 11.9 Å². The number of rotatable bonds is 3. The summed E-state index contributed by atoms with van der Waals surface area (Å²) < 4.78 is 11.0. The summed E-state index contributed by atoms with van der Waals surface area (Å²) in [5.74, 6) is -0.465. The average Bonchev–Trinajstić information content (AvgIpc) is 2.35. The monoisotopic (exact) mass is 450 g/mol. The minimum absolute atomic E-state index is 0.117. The summed E-state index contributed by atoms with van der Waals surface area (Å²) in [6, 6.07) is 8.20. The van der Waals surface area contributed by atoms with Crippen LogP contribution in [0.2, 0.25) is 3.43 Å². The van der Waals surface area contributed by atoms with E-state index in [0.717, 1.165) is 12.8 Å². The molecule has 1 aromatic rings. The van der Waals surface area contributed by atoms with Crippen molar-refractivity contribution in [3.8, 4) is 0 Å². The number of esters is 1. The van der Waals surface area contributed by atoms with Crippen LogP contribution in [0.25, 0.3) is 0 Å². The second kappa shape index (κ2) is 6.50. The Hall–Kier alpha value is -0.905. The van der Waals surface area contributed by atoms with Gasteiger partial charge in [-0.25, -0.2) is 0 Å². The van der Waals surface area contributed by atoms with Crippen molar-refractivity contribution in [1.82, 2.24) is 0 Å². The molecule has 2 atom stereocenters. The SMILES string of the molecule is CC(=O)[O][Hg][CH]1Cc2ccccc2CC1OC(C)=O. The zero-order valence-corrected chi connectivity index (χ0v) is 16.7. The molecule has 19 heavy (non-hydrogen) atoms. The van der Waals surface area contributed by atoms with Crippen LogP contribution < -0.4 is 0 Å². The van der Waals surface area contributed by atoms with Crippen molar-refractivity contribution in [3.05, 3.63) is 35.4 Å². The van der Waals surface area contributed by atoms with Gasteiger partial charge in [0.15, 0.2) is 0 Å². The molecule has 0 saturated carbocycles. The summed E-state index contributed by atoms with van der Waals surface area (Å²) in [7, 11) is 0. The molecule has 0 saturated heterocycles.